The topological polar surface area (TPSA) is 91.4 Å². The molecule has 2 aromatic rings. The third-order valence-corrected chi connectivity index (χ3v) is 4.13. The standard InChI is InChI=1S/C20H27N3O6/c1-16(24)22-18-4-5-19(20-17(18)3-2-6-21-20)23-15-28-12-11-26-8-7-25-9-10-27-13-14-29-23/h2-6H,7-15H2,1H3,(H,22,24). The summed E-state index contributed by atoms with van der Waals surface area (Å²) in [6, 6.07) is 7.41. The van der Waals surface area contributed by atoms with Crippen LogP contribution in [0.1, 0.15) is 6.92 Å². The SMILES string of the molecule is CC(=O)Nc1ccc(N2COCCOCCOCCOCCO2)c2ncccc12. The van der Waals surface area contributed by atoms with Crippen LogP contribution in [0.15, 0.2) is 30.5 Å². The van der Waals surface area contributed by atoms with Gasteiger partial charge < -0.3 is 24.3 Å². The fourth-order valence-electron chi connectivity index (χ4n) is 2.85. The number of ether oxygens (including phenoxy) is 4. The summed E-state index contributed by atoms with van der Waals surface area (Å²) in [6.07, 6.45) is 1.70. The van der Waals surface area contributed by atoms with Crippen molar-refractivity contribution >= 4 is 28.2 Å². The van der Waals surface area contributed by atoms with Gasteiger partial charge in [0.15, 0.2) is 0 Å². The molecular formula is C20H27N3O6. The number of carbonyl (C=O) groups is 1. The Balaban J connectivity index is 1.78. The highest BCUT2D eigenvalue weighted by Crippen LogP contribution is 2.31. The molecule has 1 fully saturated rings. The van der Waals surface area contributed by atoms with Crippen LogP contribution in [-0.4, -0.2) is 70.5 Å². The molecule has 1 aliphatic rings. The highest BCUT2D eigenvalue weighted by molar-refractivity contribution is 6.04. The van der Waals surface area contributed by atoms with E-state index >= 15 is 0 Å². The van der Waals surface area contributed by atoms with Crippen LogP contribution in [0.25, 0.3) is 10.9 Å². The van der Waals surface area contributed by atoms with Gasteiger partial charge >= 0.3 is 0 Å². The van der Waals surface area contributed by atoms with Crippen molar-refractivity contribution in [1.29, 1.82) is 0 Å². The van der Waals surface area contributed by atoms with Crippen LogP contribution in [0.5, 0.6) is 0 Å². The lowest BCUT2D eigenvalue weighted by Crippen LogP contribution is -2.29. The summed E-state index contributed by atoms with van der Waals surface area (Å²) in [6.45, 7) is 5.40. The van der Waals surface area contributed by atoms with Crippen molar-refractivity contribution in [2.75, 3.05) is 70.0 Å². The first-order valence-corrected chi connectivity index (χ1v) is 9.62. The average Bonchev–Trinajstić information content (AvgIpc) is 2.73. The first kappa shape index (κ1) is 21.4. The smallest absolute Gasteiger partial charge is 0.221 e. The molecule has 158 valence electrons. The molecule has 2 heterocycles. The summed E-state index contributed by atoms with van der Waals surface area (Å²) < 4.78 is 22.1. The van der Waals surface area contributed by atoms with Gasteiger partial charge in [-0.1, -0.05) is 0 Å². The van der Waals surface area contributed by atoms with Crippen molar-refractivity contribution < 1.29 is 28.6 Å². The summed E-state index contributed by atoms with van der Waals surface area (Å²) in [5, 5.41) is 5.30. The van der Waals surface area contributed by atoms with Gasteiger partial charge in [0, 0.05) is 18.5 Å². The van der Waals surface area contributed by atoms with Gasteiger partial charge in [-0.05, 0) is 24.3 Å². The minimum absolute atomic E-state index is 0.141. The summed E-state index contributed by atoms with van der Waals surface area (Å²) >= 11 is 0. The maximum atomic E-state index is 11.5. The Hall–Kier alpha value is -2.30. The monoisotopic (exact) mass is 405 g/mol. The number of nitrogens with zero attached hydrogens (tertiary/aromatic N) is 2. The minimum atomic E-state index is -0.141. The zero-order valence-electron chi connectivity index (χ0n) is 16.6. The molecule has 1 aromatic heterocycles. The van der Waals surface area contributed by atoms with Crippen LogP contribution >= 0.6 is 0 Å². The zero-order valence-corrected chi connectivity index (χ0v) is 16.6. The molecule has 3 rings (SSSR count). The van der Waals surface area contributed by atoms with E-state index in [0.717, 1.165) is 11.1 Å². The molecule has 9 nitrogen and oxygen atoms in total. The van der Waals surface area contributed by atoms with Gasteiger partial charge in [-0.25, -0.2) is 5.06 Å². The first-order chi connectivity index (χ1) is 14.3. The quantitative estimate of drug-likeness (QED) is 0.811. The number of anilines is 2. The van der Waals surface area contributed by atoms with Crippen molar-refractivity contribution in [2.45, 2.75) is 6.92 Å². The second-order valence-electron chi connectivity index (χ2n) is 6.30. The van der Waals surface area contributed by atoms with E-state index in [4.69, 9.17) is 23.8 Å². The summed E-state index contributed by atoms with van der Waals surface area (Å²) in [4.78, 5) is 21.9. The number of amides is 1. The molecule has 0 aliphatic carbocycles. The van der Waals surface area contributed by atoms with E-state index in [2.05, 4.69) is 10.3 Å². The van der Waals surface area contributed by atoms with Gasteiger partial charge in [-0.2, -0.15) is 0 Å². The second kappa shape index (κ2) is 11.6. The van der Waals surface area contributed by atoms with E-state index in [1.807, 2.05) is 24.3 Å². The maximum Gasteiger partial charge on any atom is 0.221 e. The Morgan fingerprint density at radius 2 is 1.59 bits per heavy atom. The van der Waals surface area contributed by atoms with Crippen LogP contribution in [0.3, 0.4) is 0 Å². The number of aromatic nitrogens is 1. The van der Waals surface area contributed by atoms with E-state index in [0.29, 0.717) is 64.1 Å². The summed E-state index contributed by atoms with van der Waals surface area (Å²) in [5.41, 5.74) is 2.13. The van der Waals surface area contributed by atoms with Crippen molar-refractivity contribution in [1.82, 2.24) is 4.98 Å². The number of benzene rings is 1. The van der Waals surface area contributed by atoms with E-state index in [1.54, 1.807) is 11.3 Å². The number of carbonyl (C=O) groups excluding carboxylic acids is 1. The van der Waals surface area contributed by atoms with Crippen molar-refractivity contribution in [3.8, 4) is 0 Å². The molecule has 1 saturated heterocycles. The number of hydroxylamine groups is 1. The Morgan fingerprint density at radius 1 is 0.931 bits per heavy atom. The van der Waals surface area contributed by atoms with Crippen molar-refractivity contribution in [3.05, 3.63) is 30.5 Å². The molecule has 0 spiro atoms. The Morgan fingerprint density at radius 3 is 2.28 bits per heavy atom. The molecule has 0 unspecified atom stereocenters. The number of nitrogens with one attached hydrogen (secondary N) is 1. The fraction of sp³-hybridized carbons (Fsp3) is 0.500. The third-order valence-electron chi connectivity index (χ3n) is 4.13. The number of rotatable bonds is 2. The first-order valence-electron chi connectivity index (χ1n) is 9.62. The molecule has 0 radical (unpaired) electrons. The van der Waals surface area contributed by atoms with E-state index in [9.17, 15) is 4.79 Å². The van der Waals surface area contributed by atoms with E-state index in [1.165, 1.54) is 6.92 Å². The highest BCUT2D eigenvalue weighted by atomic mass is 16.7. The van der Waals surface area contributed by atoms with Crippen LogP contribution in [-0.2, 0) is 28.6 Å². The van der Waals surface area contributed by atoms with Crippen LogP contribution in [0, 0.1) is 0 Å². The maximum absolute atomic E-state index is 11.5. The molecule has 1 N–H and O–H groups in total. The second-order valence-corrected chi connectivity index (χ2v) is 6.30. The normalized spacial score (nSPS) is 18.0. The van der Waals surface area contributed by atoms with Gasteiger partial charge in [-0.15, -0.1) is 0 Å². The molecule has 1 aromatic carbocycles. The number of hydrogen-bond donors (Lipinski definition) is 1. The molecule has 1 aliphatic heterocycles. The molecule has 29 heavy (non-hydrogen) atoms. The highest BCUT2D eigenvalue weighted by Gasteiger charge is 2.15. The van der Waals surface area contributed by atoms with Crippen LogP contribution in [0.4, 0.5) is 11.4 Å². The van der Waals surface area contributed by atoms with Gasteiger partial charge in [0.05, 0.1) is 69.7 Å². The van der Waals surface area contributed by atoms with Gasteiger partial charge in [0.1, 0.15) is 6.73 Å². The van der Waals surface area contributed by atoms with Crippen LogP contribution < -0.4 is 10.4 Å². The summed E-state index contributed by atoms with van der Waals surface area (Å²) in [5.74, 6) is -0.141. The zero-order chi connectivity index (χ0) is 20.3. The predicted molar refractivity (Wildman–Crippen MR) is 108 cm³/mol. The third kappa shape index (κ3) is 6.62. The summed E-state index contributed by atoms with van der Waals surface area (Å²) in [7, 11) is 0. The molecule has 0 atom stereocenters. The molecular weight excluding hydrogens is 378 g/mol. The fourth-order valence-corrected chi connectivity index (χ4v) is 2.85. The number of pyridine rings is 1. The van der Waals surface area contributed by atoms with Crippen LogP contribution in [0.2, 0.25) is 0 Å². The van der Waals surface area contributed by atoms with Gasteiger partial charge in [0.2, 0.25) is 5.91 Å². The molecule has 0 bridgehead atoms. The lowest BCUT2D eigenvalue weighted by atomic mass is 10.1. The Labute approximate surface area is 169 Å². The lowest BCUT2D eigenvalue weighted by Gasteiger charge is -2.25. The van der Waals surface area contributed by atoms with E-state index in [-0.39, 0.29) is 12.6 Å². The largest absolute Gasteiger partial charge is 0.377 e. The number of fused-ring (bicyclic) bond motifs is 1. The van der Waals surface area contributed by atoms with Gasteiger partial charge in [0.25, 0.3) is 0 Å². The van der Waals surface area contributed by atoms with Crippen molar-refractivity contribution in [3.63, 3.8) is 0 Å². The average molecular weight is 405 g/mol. The molecule has 1 amide bonds. The minimum Gasteiger partial charge on any atom is -0.377 e. The predicted octanol–water partition coefficient (Wildman–Crippen LogP) is 1.97. The Bertz CT molecular complexity index is 772. The number of hydrogen-bond acceptors (Lipinski definition) is 8. The van der Waals surface area contributed by atoms with E-state index < -0.39 is 0 Å². The van der Waals surface area contributed by atoms with Crippen molar-refractivity contribution in [2.24, 2.45) is 0 Å². The van der Waals surface area contributed by atoms with Gasteiger partial charge in [-0.3, -0.25) is 14.6 Å². The molecule has 0 saturated carbocycles. The molecule has 9 heteroatoms. The lowest BCUT2D eigenvalue weighted by molar-refractivity contribution is -0.114. The Kier molecular flexibility index (Phi) is 8.59.